The molecular formula is C25H20N2O3. The molecule has 0 fully saturated rings. The average Bonchev–Trinajstić information content (AvgIpc) is 2.82. The summed E-state index contributed by atoms with van der Waals surface area (Å²) in [6.07, 6.45) is 3.47. The topological polar surface area (TPSA) is 62.6 Å². The molecule has 30 heavy (non-hydrogen) atoms. The minimum atomic E-state index is -0.755. The van der Waals surface area contributed by atoms with Crippen LogP contribution in [0, 0.1) is 11.3 Å². The first-order valence-corrected chi connectivity index (χ1v) is 9.55. The van der Waals surface area contributed by atoms with Crippen LogP contribution in [0.2, 0.25) is 0 Å². The molecule has 1 atom stereocenters. The van der Waals surface area contributed by atoms with Crippen LogP contribution >= 0.6 is 0 Å². The molecular weight excluding hydrogens is 376 g/mol. The van der Waals surface area contributed by atoms with E-state index in [4.69, 9.17) is 9.47 Å². The van der Waals surface area contributed by atoms with E-state index in [1.165, 1.54) is 4.90 Å². The number of rotatable bonds is 5. The third-order valence-corrected chi connectivity index (χ3v) is 4.97. The van der Waals surface area contributed by atoms with Crippen LogP contribution in [0.15, 0.2) is 79.0 Å². The SMILES string of the molecule is COc1cc2c(cc1OCc1ccccc1)C=CN(C(=O)c1ccccc1)[C@H]2C#N. The van der Waals surface area contributed by atoms with Crippen molar-refractivity contribution in [1.29, 1.82) is 5.26 Å². The predicted octanol–water partition coefficient (Wildman–Crippen LogP) is 4.97. The highest BCUT2D eigenvalue weighted by molar-refractivity contribution is 5.96. The number of benzene rings is 3. The number of fused-ring (bicyclic) bond motifs is 1. The standard InChI is InChI=1S/C25H20N2O3/c1-29-23-15-21-20(14-24(23)30-17-18-8-4-2-5-9-18)12-13-27(22(21)16-26)25(28)19-10-6-3-7-11-19/h2-15,22H,17H2,1H3/t22-/m0/s1. The van der Waals surface area contributed by atoms with Crippen LogP contribution in [0.3, 0.4) is 0 Å². The maximum absolute atomic E-state index is 12.9. The molecule has 1 heterocycles. The van der Waals surface area contributed by atoms with E-state index in [0.717, 1.165) is 11.1 Å². The van der Waals surface area contributed by atoms with Crippen LogP contribution < -0.4 is 9.47 Å². The minimum absolute atomic E-state index is 0.229. The van der Waals surface area contributed by atoms with E-state index in [0.29, 0.717) is 29.2 Å². The Hall–Kier alpha value is -4.04. The second-order valence-electron chi connectivity index (χ2n) is 6.83. The van der Waals surface area contributed by atoms with E-state index >= 15 is 0 Å². The van der Waals surface area contributed by atoms with Crippen molar-refractivity contribution in [1.82, 2.24) is 4.90 Å². The lowest BCUT2D eigenvalue weighted by Crippen LogP contribution is -2.31. The van der Waals surface area contributed by atoms with Gasteiger partial charge in [-0.1, -0.05) is 48.5 Å². The molecule has 0 bridgehead atoms. The summed E-state index contributed by atoms with van der Waals surface area (Å²) in [6.45, 7) is 0.403. The van der Waals surface area contributed by atoms with Gasteiger partial charge in [0.05, 0.1) is 13.2 Å². The Morgan fingerprint density at radius 1 is 1.03 bits per heavy atom. The van der Waals surface area contributed by atoms with E-state index in [1.54, 1.807) is 43.6 Å². The van der Waals surface area contributed by atoms with Gasteiger partial charge in [-0.3, -0.25) is 9.69 Å². The largest absolute Gasteiger partial charge is 0.493 e. The zero-order valence-electron chi connectivity index (χ0n) is 16.5. The Bertz CT molecular complexity index is 1120. The molecule has 3 aromatic rings. The molecule has 1 aliphatic rings. The summed E-state index contributed by atoms with van der Waals surface area (Å²) in [5.74, 6) is 0.879. The molecule has 0 aliphatic carbocycles. The number of nitrogens with zero attached hydrogens (tertiary/aromatic N) is 2. The van der Waals surface area contributed by atoms with Gasteiger partial charge < -0.3 is 9.47 Å². The molecule has 148 valence electrons. The van der Waals surface area contributed by atoms with Crippen molar-refractivity contribution in [3.63, 3.8) is 0 Å². The summed E-state index contributed by atoms with van der Waals surface area (Å²) in [7, 11) is 1.56. The highest BCUT2D eigenvalue weighted by atomic mass is 16.5. The second kappa shape index (κ2) is 8.54. The van der Waals surface area contributed by atoms with Crippen molar-refractivity contribution in [2.24, 2.45) is 0 Å². The summed E-state index contributed by atoms with van der Waals surface area (Å²) >= 11 is 0. The van der Waals surface area contributed by atoms with Gasteiger partial charge in [-0.25, -0.2) is 0 Å². The van der Waals surface area contributed by atoms with E-state index in [9.17, 15) is 10.1 Å². The first kappa shape index (κ1) is 19.3. The van der Waals surface area contributed by atoms with Crippen LogP contribution in [-0.2, 0) is 6.61 Å². The molecule has 5 heteroatoms. The molecule has 3 aromatic carbocycles. The summed E-state index contributed by atoms with van der Waals surface area (Å²) < 4.78 is 11.5. The normalized spacial score (nSPS) is 14.5. The van der Waals surface area contributed by atoms with E-state index in [2.05, 4.69) is 6.07 Å². The van der Waals surface area contributed by atoms with Crippen molar-refractivity contribution >= 4 is 12.0 Å². The van der Waals surface area contributed by atoms with Gasteiger partial charge >= 0.3 is 0 Å². The number of carbonyl (C=O) groups excluding carboxylic acids is 1. The van der Waals surface area contributed by atoms with Crippen LogP contribution in [0.5, 0.6) is 11.5 Å². The Labute approximate surface area is 175 Å². The zero-order chi connectivity index (χ0) is 20.9. The lowest BCUT2D eigenvalue weighted by molar-refractivity contribution is 0.0794. The van der Waals surface area contributed by atoms with Crippen molar-refractivity contribution in [3.8, 4) is 17.6 Å². The highest BCUT2D eigenvalue weighted by Crippen LogP contribution is 2.39. The van der Waals surface area contributed by atoms with Crippen molar-refractivity contribution in [3.05, 3.63) is 101 Å². The first-order valence-electron chi connectivity index (χ1n) is 9.55. The summed E-state index contributed by atoms with van der Waals surface area (Å²) in [5.41, 5.74) is 3.10. The number of carbonyl (C=O) groups is 1. The van der Waals surface area contributed by atoms with Crippen LogP contribution in [0.25, 0.3) is 6.08 Å². The minimum Gasteiger partial charge on any atom is -0.493 e. The fourth-order valence-electron chi connectivity index (χ4n) is 3.42. The summed E-state index contributed by atoms with van der Waals surface area (Å²) in [4.78, 5) is 14.4. The Morgan fingerprint density at radius 3 is 2.40 bits per heavy atom. The molecule has 0 saturated carbocycles. The van der Waals surface area contributed by atoms with Crippen molar-refractivity contribution in [2.75, 3.05) is 7.11 Å². The lowest BCUT2D eigenvalue weighted by atomic mass is 9.95. The quantitative estimate of drug-likeness (QED) is 0.611. The molecule has 1 amide bonds. The van der Waals surface area contributed by atoms with E-state index in [-0.39, 0.29) is 5.91 Å². The smallest absolute Gasteiger partial charge is 0.259 e. The average molecular weight is 396 g/mol. The molecule has 0 saturated heterocycles. The van der Waals surface area contributed by atoms with Gasteiger partial charge in [-0.05, 0) is 41.5 Å². The van der Waals surface area contributed by atoms with Crippen LogP contribution in [-0.4, -0.2) is 17.9 Å². The third-order valence-electron chi connectivity index (χ3n) is 4.97. The number of amides is 1. The van der Waals surface area contributed by atoms with E-state index < -0.39 is 6.04 Å². The summed E-state index contributed by atoms with van der Waals surface area (Å²) in [6, 6.07) is 23.9. The molecule has 5 nitrogen and oxygen atoms in total. The van der Waals surface area contributed by atoms with Gasteiger partial charge in [-0.2, -0.15) is 5.26 Å². The van der Waals surface area contributed by atoms with Crippen LogP contribution in [0.4, 0.5) is 0 Å². The molecule has 1 aliphatic heterocycles. The van der Waals surface area contributed by atoms with Gasteiger partial charge in [0.2, 0.25) is 0 Å². The van der Waals surface area contributed by atoms with Gasteiger partial charge in [0, 0.05) is 17.3 Å². The molecule has 4 rings (SSSR count). The monoisotopic (exact) mass is 396 g/mol. The number of hydrogen-bond acceptors (Lipinski definition) is 4. The van der Waals surface area contributed by atoms with Gasteiger partial charge in [0.25, 0.3) is 5.91 Å². The fraction of sp³-hybridized carbons (Fsp3) is 0.120. The lowest BCUT2D eigenvalue weighted by Gasteiger charge is -2.29. The first-order chi connectivity index (χ1) is 14.7. The van der Waals surface area contributed by atoms with Gasteiger partial charge in [-0.15, -0.1) is 0 Å². The second-order valence-corrected chi connectivity index (χ2v) is 6.83. The number of ether oxygens (including phenoxy) is 2. The summed E-state index contributed by atoms with van der Waals surface area (Å²) in [5, 5.41) is 9.84. The molecule has 0 unspecified atom stereocenters. The molecule has 0 N–H and O–H groups in total. The molecule has 0 spiro atoms. The van der Waals surface area contributed by atoms with Crippen molar-refractivity contribution in [2.45, 2.75) is 12.6 Å². The Balaban J connectivity index is 1.64. The third kappa shape index (κ3) is 3.76. The number of hydrogen-bond donors (Lipinski definition) is 0. The van der Waals surface area contributed by atoms with Crippen molar-refractivity contribution < 1.29 is 14.3 Å². The Morgan fingerprint density at radius 2 is 1.73 bits per heavy atom. The van der Waals surface area contributed by atoms with Gasteiger partial charge in [0.1, 0.15) is 12.6 Å². The maximum Gasteiger partial charge on any atom is 0.259 e. The number of methoxy groups -OCH3 is 1. The molecule has 0 aromatic heterocycles. The fourth-order valence-corrected chi connectivity index (χ4v) is 3.42. The number of nitriles is 1. The predicted molar refractivity (Wildman–Crippen MR) is 114 cm³/mol. The maximum atomic E-state index is 12.9. The molecule has 0 radical (unpaired) electrons. The van der Waals surface area contributed by atoms with E-state index in [1.807, 2.05) is 48.5 Å². The Kier molecular flexibility index (Phi) is 5.49. The highest BCUT2D eigenvalue weighted by Gasteiger charge is 2.30. The zero-order valence-corrected chi connectivity index (χ0v) is 16.5. The van der Waals surface area contributed by atoms with Gasteiger partial charge in [0.15, 0.2) is 11.5 Å². The van der Waals surface area contributed by atoms with Crippen LogP contribution in [0.1, 0.15) is 33.1 Å².